The number of halogens is 1. The Labute approximate surface area is 126 Å². The maximum absolute atomic E-state index is 12.9. The monoisotopic (exact) mass is 299 g/mol. The second-order valence-electron chi connectivity index (χ2n) is 5.35. The lowest BCUT2D eigenvalue weighted by Gasteiger charge is -2.41. The first-order chi connectivity index (χ1) is 10.5. The smallest absolute Gasteiger partial charge is 0.250 e. The molecule has 0 saturated heterocycles. The average molecular weight is 299 g/mol. The summed E-state index contributed by atoms with van der Waals surface area (Å²) in [5.74, 6) is -0.631. The van der Waals surface area contributed by atoms with E-state index in [1.807, 2.05) is 0 Å². The highest BCUT2D eigenvalue weighted by molar-refractivity contribution is 6.11. The van der Waals surface area contributed by atoms with Crippen molar-refractivity contribution in [1.29, 1.82) is 0 Å². The third-order valence-corrected chi connectivity index (χ3v) is 3.70. The fourth-order valence-corrected chi connectivity index (χ4v) is 2.48. The molecule has 0 fully saturated rings. The second kappa shape index (κ2) is 5.22. The molecule has 1 atom stereocenters. The molecule has 2 amide bonds. The van der Waals surface area contributed by atoms with Gasteiger partial charge in [-0.25, -0.2) is 4.39 Å². The van der Waals surface area contributed by atoms with Gasteiger partial charge in [0.1, 0.15) is 17.2 Å². The average Bonchev–Trinajstić information content (AvgIpc) is 2.49. The zero-order chi connectivity index (χ0) is 15.7. The number of amidine groups is 1. The fourth-order valence-electron chi connectivity index (χ4n) is 2.48. The Balaban J connectivity index is 1.88. The van der Waals surface area contributed by atoms with Crippen LogP contribution in [-0.2, 0) is 9.59 Å². The molecule has 6 heteroatoms. The van der Waals surface area contributed by atoms with Crippen LogP contribution in [0.1, 0.15) is 13.3 Å². The molecule has 0 bridgehead atoms. The van der Waals surface area contributed by atoms with Gasteiger partial charge < -0.3 is 10.2 Å². The highest BCUT2D eigenvalue weighted by Crippen LogP contribution is 2.29. The number of hydrogen-bond acceptors (Lipinski definition) is 3. The fraction of sp³-hybridized carbons (Fsp3) is 0.188. The predicted molar refractivity (Wildman–Crippen MR) is 80.6 cm³/mol. The molecule has 2 heterocycles. The first-order valence-electron chi connectivity index (χ1n) is 6.82. The van der Waals surface area contributed by atoms with Gasteiger partial charge in [0.15, 0.2) is 0 Å². The Kier molecular flexibility index (Phi) is 3.36. The van der Waals surface area contributed by atoms with Crippen LogP contribution in [0.2, 0.25) is 0 Å². The van der Waals surface area contributed by atoms with E-state index in [9.17, 15) is 14.0 Å². The van der Waals surface area contributed by atoms with Crippen molar-refractivity contribution in [3.63, 3.8) is 0 Å². The standard InChI is InChI=1S/C16H14FN3O2/c1-16(15(22)18-12-7-5-11(17)6-8-12)10-14(21)19-13-4-2-3-9-20(13)16/h2-9H,10H2,1H3,(H,18,22). The number of hydrogen-bond donors (Lipinski definition) is 1. The Morgan fingerprint density at radius 2 is 2.05 bits per heavy atom. The van der Waals surface area contributed by atoms with E-state index in [-0.39, 0.29) is 24.1 Å². The van der Waals surface area contributed by atoms with Gasteiger partial charge in [-0.2, -0.15) is 4.99 Å². The van der Waals surface area contributed by atoms with Crippen molar-refractivity contribution in [1.82, 2.24) is 4.90 Å². The van der Waals surface area contributed by atoms with Crippen LogP contribution in [0.4, 0.5) is 10.1 Å². The predicted octanol–water partition coefficient (Wildman–Crippen LogP) is 2.24. The van der Waals surface area contributed by atoms with E-state index >= 15 is 0 Å². The molecule has 3 rings (SSSR count). The number of amides is 2. The van der Waals surface area contributed by atoms with Crippen molar-refractivity contribution in [2.75, 3.05) is 5.32 Å². The van der Waals surface area contributed by atoms with Gasteiger partial charge in [0.25, 0.3) is 11.8 Å². The molecule has 0 saturated carbocycles. The van der Waals surface area contributed by atoms with Gasteiger partial charge in [-0.1, -0.05) is 6.08 Å². The lowest BCUT2D eigenvalue weighted by atomic mass is 9.91. The molecule has 1 unspecified atom stereocenters. The molecule has 22 heavy (non-hydrogen) atoms. The molecular weight excluding hydrogens is 285 g/mol. The molecule has 0 radical (unpaired) electrons. The van der Waals surface area contributed by atoms with Crippen LogP contribution < -0.4 is 5.32 Å². The van der Waals surface area contributed by atoms with Crippen molar-refractivity contribution in [2.45, 2.75) is 18.9 Å². The van der Waals surface area contributed by atoms with Crippen molar-refractivity contribution in [3.8, 4) is 0 Å². The third-order valence-electron chi connectivity index (χ3n) is 3.70. The van der Waals surface area contributed by atoms with Crippen LogP contribution in [0.15, 0.2) is 53.7 Å². The highest BCUT2D eigenvalue weighted by Gasteiger charge is 2.45. The molecule has 2 aliphatic rings. The Morgan fingerprint density at radius 3 is 2.77 bits per heavy atom. The van der Waals surface area contributed by atoms with Crippen molar-refractivity contribution >= 4 is 23.3 Å². The Bertz CT molecular complexity index is 721. The zero-order valence-corrected chi connectivity index (χ0v) is 11.9. The molecule has 112 valence electrons. The van der Waals surface area contributed by atoms with Gasteiger partial charge in [0, 0.05) is 11.9 Å². The van der Waals surface area contributed by atoms with E-state index < -0.39 is 5.54 Å². The van der Waals surface area contributed by atoms with Crippen molar-refractivity contribution in [3.05, 3.63) is 54.5 Å². The summed E-state index contributed by atoms with van der Waals surface area (Å²) in [6.07, 6.45) is 6.90. The largest absolute Gasteiger partial charge is 0.324 e. The van der Waals surface area contributed by atoms with E-state index in [0.29, 0.717) is 11.5 Å². The van der Waals surface area contributed by atoms with Gasteiger partial charge in [0.05, 0.1) is 6.42 Å². The lowest BCUT2D eigenvalue weighted by molar-refractivity contribution is -0.130. The molecule has 1 aromatic carbocycles. The summed E-state index contributed by atoms with van der Waals surface area (Å²) >= 11 is 0. The molecule has 1 N–H and O–H groups in total. The number of nitrogens with zero attached hydrogens (tertiary/aromatic N) is 2. The van der Waals surface area contributed by atoms with Crippen LogP contribution in [0, 0.1) is 5.82 Å². The van der Waals surface area contributed by atoms with Gasteiger partial charge in [-0.05, 0) is 43.3 Å². The van der Waals surface area contributed by atoms with Crippen LogP contribution in [0.3, 0.4) is 0 Å². The SMILES string of the molecule is CC1(C(=O)Nc2ccc(F)cc2)CC(=O)N=C2C=CC=CN21. The minimum atomic E-state index is -1.08. The minimum Gasteiger partial charge on any atom is -0.324 e. The number of carbonyl (C=O) groups excluding carboxylic acids is 2. The van der Waals surface area contributed by atoms with E-state index in [0.717, 1.165) is 0 Å². The van der Waals surface area contributed by atoms with Gasteiger partial charge in [-0.3, -0.25) is 9.59 Å². The normalized spacial score (nSPS) is 23.1. The molecule has 5 nitrogen and oxygen atoms in total. The van der Waals surface area contributed by atoms with Gasteiger partial charge in [0.2, 0.25) is 0 Å². The van der Waals surface area contributed by atoms with E-state index in [1.54, 1.807) is 36.3 Å². The number of aliphatic imine (C=N–C) groups is 1. The van der Waals surface area contributed by atoms with E-state index in [1.165, 1.54) is 24.3 Å². The number of benzene rings is 1. The Morgan fingerprint density at radius 1 is 1.32 bits per heavy atom. The van der Waals surface area contributed by atoms with Gasteiger partial charge in [-0.15, -0.1) is 0 Å². The second-order valence-corrected chi connectivity index (χ2v) is 5.35. The van der Waals surface area contributed by atoms with E-state index in [2.05, 4.69) is 10.3 Å². The topological polar surface area (TPSA) is 61.8 Å². The lowest BCUT2D eigenvalue weighted by Crippen LogP contribution is -2.58. The molecule has 1 aromatic rings. The first-order valence-corrected chi connectivity index (χ1v) is 6.82. The third kappa shape index (κ3) is 2.43. The summed E-state index contributed by atoms with van der Waals surface area (Å²) < 4.78 is 12.9. The summed E-state index contributed by atoms with van der Waals surface area (Å²) in [4.78, 5) is 30.1. The molecule has 2 aliphatic heterocycles. The summed E-state index contributed by atoms with van der Waals surface area (Å²) in [6.45, 7) is 1.68. The summed E-state index contributed by atoms with van der Waals surface area (Å²) in [5, 5.41) is 2.72. The zero-order valence-electron chi connectivity index (χ0n) is 11.9. The Hall–Kier alpha value is -2.76. The highest BCUT2D eigenvalue weighted by atomic mass is 19.1. The molecule has 0 aliphatic carbocycles. The summed E-state index contributed by atoms with van der Waals surface area (Å²) in [7, 11) is 0. The number of fused-ring (bicyclic) bond motifs is 1. The van der Waals surface area contributed by atoms with E-state index in [4.69, 9.17) is 0 Å². The van der Waals surface area contributed by atoms with Crippen LogP contribution in [0.25, 0.3) is 0 Å². The van der Waals surface area contributed by atoms with Crippen LogP contribution >= 0.6 is 0 Å². The number of nitrogens with one attached hydrogen (secondary N) is 1. The maximum atomic E-state index is 12.9. The number of anilines is 1. The molecule has 0 aromatic heterocycles. The quantitative estimate of drug-likeness (QED) is 0.911. The maximum Gasteiger partial charge on any atom is 0.250 e. The van der Waals surface area contributed by atoms with Crippen LogP contribution in [0.5, 0.6) is 0 Å². The van der Waals surface area contributed by atoms with Crippen LogP contribution in [-0.4, -0.2) is 28.1 Å². The van der Waals surface area contributed by atoms with Crippen molar-refractivity contribution in [2.24, 2.45) is 4.99 Å². The minimum absolute atomic E-state index is 0.0261. The number of carbonyl (C=O) groups is 2. The van der Waals surface area contributed by atoms with Gasteiger partial charge >= 0.3 is 0 Å². The van der Waals surface area contributed by atoms with Crippen molar-refractivity contribution < 1.29 is 14.0 Å². The number of allylic oxidation sites excluding steroid dienone is 2. The summed E-state index contributed by atoms with van der Waals surface area (Å²) in [6, 6.07) is 5.48. The molecular formula is C16H14FN3O2. The number of rotatable bonds is 2. The molecule has 0 spiro atoms. The summed E-state index contributed by atoms with van der Waals surface area (Å²) in [5.41, 5.74) is -0.607. The first kappa shape index (κ1) is 14.2.